The molecule has 0 spiro atoms. The first kappa shape index (κ1) is 10.9. The van der Waals surface area contributed by atoms with Crippen LogP contribution in [-0.2, 0) is 0 Å². The van der Waals surface area contributed by atoms with Crippen LogP contribution in [0.5, 0.6) is 5.75 Å². The average Bonchev–Trinajstić information content (AvgIpc) is 2.65. The minimum absolute atomic E-state index is 0.789. The number of nitrogens with one attached hydrogen (secondary N) is 1. The van der Waals surface area contributed by atoms with E-state index >= 15 is 0 Å². The number of rotatable bonds is 2. The van der Waals surface area contributed by atoms with Crippen molar-refractivity contribution < 1.29 is 4.74 Å². The highest BCUT2D eigenvalue weighted by atomic mass is 79.9. The maximum atomic E-state index is 5.17. The van der Waals surface area contributed by atoms with Crippen molar-refractivity contribution in [2.24, 2.45) is 0 Å². The number of aromatic nitrogens is 1. The zero-order chi connectivity index (χ0) is 10.8. The maximum absolute atomic E-state index is 5.17. The second-order valence-corrected chi connectivity index (χ2v) is 5.31. The summed E-state index contributed by atoms with van der Waals surface area (Å²) in [6.07, 6.45) is 0. The monoisotopic (exact) mass is 301 g/mol. The van der Waals surface area contributed by atoms with Crippen LogP contribution in [0, 0.1) is 3.95 Å². The normalized spacial score (nSPS) is 10.3. The van der Waals surface area contributed by atoms with Gasteiger partial charge in [-0.1, -0.05) is 0 Å². The van der Waals surface area contributed by atoms with Crippen molar-refractivity contribution in [3.05, 3.63) is 32.0 Å². The fourth-order valence-corrected chi connectivity index (χ4v) is 2.64. The van der Waals surface area contributed by atoms with Gasteiger partial charge in [0.2, 0.25) is 0 Å². The number of thiazole rings is 1. The van der Waals surface area contributed by atoms with E-state index in [1.165, 1.54) is 11.3 Å². The van der Waals surface area contributed by atoms with Gasteiger partial charge >= 0.3 is 0 Å². The Bertz CT molecular complexity index is 532. The molecule has 0 fully saturated rings. The Morgan fingerprint density at radius 2 is 2.27 bits per heavy atom. The van der Waals surface area contributed by atoms with Crippen LogP contribution in [0.25, 0.3) is 11.3 Å². The molecule has 0 atom stereocenters. The van der Waals surface area contributed by atoms with E-state index in [4.69, 9.17) is 17.0 Å². The number of H-pyrrole nitrogens is 1. The fourth-order valence-electron chi connectivity index (χ4n) is 1.26. The summed E-state index contributed by atoms with van der Waals surface area (Å²) in [5.74, 6) is 0.826. The Labute approximate surface area is 105 Å². The van der Waals surface area contributed by atoms with Gasteiger partial charge in [-0.15, -0.1) is 11.3 Å². The van der Waals surface area contributed by atoms with Crippen LogP contribution < -0.4 is 4.74 Å². The van der Waals surface area contributed by atoms with Crippen LogP contribution >= 0.6 is 39.5 Å². The molecule has 78 valence electrons. The second kappa shape index (κ2) is 4.47. The van der Waals surface area contributed by atoms with Crippen molar-refractivity contribution in [2.45, 2.75) is 0 Å². The predicted molar refractivity (Wildman–Crippen MR) is 69.2 cm³/mol. The summed E-state index contributed by atoms with van der Waals surface area (Å²) in [5.41, 5.74) is 2.13. The van der Waals surface area contributed by atoms with Gasteiger partial charge in [0.05, 0.1) is 17.3 Å². The summed E-state index contributed by atoms with van der Waals surface area (Å²) < 4.78 is 6.89. The van der Waals surface area contributed by atoms with E-state index in [2.05, 4.69) is 20.9 Å². The van der Waals surface area contributed by atoms with Crippen LogP contribution in [0.2, 0.25) is 0 Å². The van der Waals surface area contributed by atoms with Gasteiger partial charge in [-0.05, 0) is 46.3 Å². The van der Waals surface area contributed by atoms with Crippen LogP contribution in [0.3, 0.4) is 0 Å². The molecule has 0 saturated carbocycles. The van der Waals surface area contributed by atoms with Crippen LogP contribution in [-0.4, -0.2) is 12.1 Å². The van der Waals surface area contributed by atoms with Gasteiger partial charge in [0.25, 0.3) is 0 Å². The van der Waals surface area contributed by atoms with Crippen LogP contribution in [0.15, 0.2) is 28.1 Å². The number of ether oxygens (including phenoxy) is 1. The molecule has 0 unspecified atom stereocenters. The molecule has 1 aromatic heterocycles. The largest absolute Gasteiger partial charge is 0.496 e. The lowest BCUT2D eigenvalue weighted by Gasteiger charge is -2.04. The smallest absolute Gasteiger partial charge is 0.158 e. The Morgan fingerprint density at radius 1 is 1.47 bits per heavy atom. The number of hydrogen-bond donors (Lipinski definition) is 1. The summed E-state index contributed by atoms with van der Waals surface area (Å²) >= 11 is 10.0. The van der Waals surface area contributed by atoms with Gasteiger partial charge in [0, 0.05) is 10.9 Å². The molecule has 0 aliphatic heterocycles. The molecule has 0 amide bonds. The van der Waals surface area contributed by atoms with E-state index in [1.807, 2.05) is 23.6 Å². The van der Waals surface area contributed by atoms with E-state index in [1.54, 1.807) is 7.11 Å². The SMILES string of the molecule is COc1ccc(-c2csc(=S)[nH]2)cc1Br. The fraction of sp³-hybridized carbons (Fsp3) is 0.100. The van der Waals surface area contributed by atoms with E-state index in [0.717, 1.165) is 25.4 Å². The van der Waals surface area contributed by atoms with Crippen molar-refractivity contribution in [2.75, 3.05) is 7.11 Å². The van der Waals surface area contributed by atoms with Gasteiger partial charge in [-0.3, -0.25) is 0 Å². The maximum Gasteiger partial charge on any atom is 0.158 e. The van der Waals surface area contributed by atoms with Gasteiger partial charge < -0.3 is 9.72 Å². The topological polar surface area (TPSA) is 25.0 Å². The Balaban J connectivity index is 2.46. The Hall–Kier alpha value is -0.650. The van der Waals surface area contributed by atoms with Crippen molar-refractivity contribution in [1.29, 1.82) is 0 Å². The number of methoxy groups -OCH3 is 1. The molecule has 1 N–H and O–H groups in total. The predicted octanol–water partition coefficient (Wildman–Crippen LogP) is 4.24. The minimum Gasteiger partial charge on any atom is -0.496 e. The molecule has 0 radical (unpaired) electrons. The molecule has 15 heavy (non-hydrogen) atoms. The second-order valence-electron chi connectivity index (χ2n) is 2.91. The summed E-state index contributed by atoms with van der Waals surface area (Å²) in [6.45, 7) is 0. The quantitative estimate of drug-likeness (QED) is 0.839. The summed E-state index contributed by atoms with van der Waals surface area (Å²) in [6, 6.07) is 5.93. The number of halogens is 1. The van der Waals surface area contributed by atoms with Crippen molar-refractivity contribution in [1.82, 2.24) is 4.98 Å². The molecular formula is C10H8BrNOS2. The molecule has 0 aliphatic carbocycles. The highest BCUT2D eigenvalue weighted by Gasteiger charge is 2.04. The number of aromatic amines is 1. The first-order valence-electron chi connectivity index (χ1n) is 4.22. The van der Waals surface area contributed by atoms with E-state index < -0.39 is 0 Å². The molecular weight excluding hydrogens is 294 g/mol. The zero-order valence-corrected chi connectivity index (χ0v) is 11.1. The van der Waals surface area contributed by atoms with Crippen molar-refractivity contribution in [3.8, 4) is 17.0 Å². The molecule has 0 saturated heterocycles. The summed E-state index contributed by atoms with van der Waals surface area (Å²) in [4.78, 5) is 3.13. The Morgan fingerprint density at radius 3 is 2.80 bits per heavy atom. The highest BCUT2D eigenvalue weighted by molar-refractivity contribution is 9.10. The summed E-state index contributed by atoms with van der Waals surface area (Å²) in [5, 5.41) is 2.01. The van der Waals surface area contributed by atoms with Gasteiger partial charge in [-0.25, -0.2) is 0 Å². The van der Waals surface area contributed by atoms with Gasteiger partial charge in [0.1, 0.15) is 5.75 Å². The van der Waals surface area contributed by atoms with Gasteiger partial charge in [0.15, 0.2) is 3.95 Å². The van der Waals surface area contributed by atoms with Crippen molar-refractivity contribution >= 4 is 39.5 Å². The third-order valence-electron chi connectivity index (χ3n) is 1.98. The lowest BCUT2D eigenvalue weighted by Crippen LogP contribution is -1.85. The highest BCUT2D eigenvalue weighted by Crippen LogP contribution is 2.30. The lowest BCUT2D eigenvalue weighted by atomic mass is 10.2. The third-order valence-corrected chi connectivity index (χ3v) is 3.66. The number of hydrogen-bond acceptors (Lipinski definition) is 3. The minimum atomic E-state index is 0.789. The number of benzene rings is 1. The molecule has 5 heteroatoms. The molecule has 0 aliphatic rings. The van der Waals surface area contributed by atoms with E-state index in [-0.39, 0.29) is 0 Å². The lowest BCUT2D eigenvalue weighted by molar-refractivity contribution is 0.412. The zero-order valence-electron chi connectivity index (χ0n) is 7.91. The molecule has 2 aromatic rings. The molecule has 1 aromatic carbocycles. The van der Waals surface area contributed by atoms with Crippen molar-refractivity contribution in [3.63, 3.8) is 0 Å². The molecule has 0 bridgehead atoms. The third kappa shape index (κ3) is 2.30. The standard InChI is InChI=1S/C10H8BrNOS2/c1-13-9-3-2-6(4-7(9)11)8-5-15-10(14)12-8/h2-5H,1H3,(H,12,14). The van der Waals surface area contributed by atoms with Crippen LogP contribution in [0.1, 0.15) is 0 Å². The first-order valence-corrected chi connectivity index (χ1v) is 6.30. The molecule has 1 heterocycles. The Kier molecular flexibility index (Phi) is 3.23. The molecule has 2 rings (SSSR count). The average molecular weight is 302 g/mol. The van der Waals surface area contributed by atoms with Crippen LogP contribution in [0.4, 0.5) is 0 Å². The first-order chi connectivity index (χ1) is 7.20. The van der Waals surface area contributed by atoms with E-state index in [9.17, 15) is 0 Å². The van der Waals surface area contributed by atoms with E-state index in [0.29, 0.717) is 0 Å². The van der Waals surface area contributed by atoms with Gasteiger partial charge in [-0.2, -0.15) is 0 Å². The summed E-state index contributed by atoms with van der Waals surface area (Å²) in [7, 11) is 1.65. The molecule has 2 nitrogen and oxygen atoms in total.